The predicted molar refractivity (Wildman–Crippen MR) is 196 cm³/mol. The van der Waals surface area contributed by atoms with Gasteiger partial charge >= 0.3 is 0 Å². The Bertz CT molecular complexity index is 991. The quantitative estimate of drug-likeness (QED) is 0.0938. The zero-order valence-electron chi connectivity index (χ0n) is 33.1. The lowest BCUT2D eigenvalue weighted by Gasteiger charge is -2.37. The number of hydrogen-bond donors (Lipinski definition) is 0. The van der Waals surface area contributed by atoms with Gasteiger partial charge < -0.3 is 0 Å². The lowest BCUT2D eigenvalue weighted by molar-refractivity contribution is -0.130. The second kappa shape index (κ2) is 18.7. The molecule has 0 bridgehead atoms. The molecular weight excluding hydrogens is 552 g/mol. The average Bonchev–Trinajstić information content (AvgIpc) is 2.94. The molecule has 0 amide bonds. The van der Waals surface area contributed by atoms with Crippen LogP contribution in [0, 0.1) is 75.9 Å². The van der Waals surface area contributed by atoms with Crippen LogP contribution in [0.3, 0.4) is 0 Å². The molecule has 0 rings (SSSR count). The van der Waals surface area contributed by atoms with Crippen LogP contribution in [0.2, 0.25) is 0 Å². The van der Waals surface area contributed by atoms with Crippen molar-refractivity contribution in [3.8, 4) is 0 Å². The standard InChI is InChI=1S/C42H76O3/c1-26(2)23-37(24-38(43)21-22-41(15,16)40(45)35(13)32(10)27(3)4)36(14)42(17,18)25-31(9)33(11)29(7)19-20-30(8)34(12)39(44)28(5)6/h21-22,25-30,32-37H,19-20,23-24H2,1-18H3/b22-21+,31-25+. The molecule has 0 saturated carbocycles. The van der Waals surface area contributed by atoms with E-state index in [0.29, 0.717) is 53.6 Å². The van der Waals surface area contributed by atoms with Crippen molar-refractivity contribution in [2.75, 3.05) is 0 Å². The van der Waals surface area contributed by atoms with E-state index in [-0.39, 0.29) is 40.7 Å². The highest BCUT2D eigenvalue weighted by molar-refractivity contribution is 5.93. The number of Topliss-reactive ketones (excluding diaryl/α,β-unsaturated/α-hetero) is 2. The summed E-state index contributed by atoms with van der Waals surface area (Å²) < 4.78 is 0. The van der Waals surface area contributed by atoms with Gasteiger partial charge in [0.2, 0.25) is 0 Å². The van der Waals surface area contributed by atoms with Gasteiger partial charge in [0.15, 0.2) is 5.78 Å². The third-order valence-electron chi connectivity index (χ3n) is 11.8. The average molecular weight is 629 g/mol. The number of carbonyl (C=O) groups is 3. The molecule has 0 fully saturated rings. The Morgan fingerprint density at radius 3 is 1.62 bits per heavy atom. The van der Waals surface area contributed by atoms with E-state index in [1.165, 1.54) is 5.57 Å². The van der Waals surface area contributed by atoms with Crippen molar-refractivity contribution in [1.29, 1.82) is 0 Å². The monoisotopic (exact) mass is 629 g/mol. The molecule has 0 aliphatic heterocycles. The van der Waals surface area contributed by atoms with E-state index < -0.39 is 5.41 Å². The van der Waals surface area contributed by atoms with Crippen LogP contribution in [-0.2, 0) is 14.4 Å². The topological polar surface area (TPSA) is 51.2 Å². The van der Waals surface area contributed by atoms with Gasteiger partial charge in [-0.25, -0.2) is 0 Å². The summed E-state index contributed by atoms with van der Waals surface area (Å²) in [7, 11) is 0. The van der Waals surface area contributed by atoms with Crippen molar-refractivity contribution >= 4 is 17.3 Å². The van der Waals surface area contributed by atoms with Gasteiger partial charge in [0.1, 0.15) is 11.6 Å². The van der Waals surface area contributed by atoms with Crippen LogP contribution in [0.1, 0.15) is 150 Å². The van der Waals surface area contributed by atoms with E-state index in [1.54, 1.807) is 6.08 Å². The smallest absolute Gasteiger partial charge is 0.155 e. The Hall–Kier alpha value is -1.51. The molecule has 262 valence electrons. The molecule has 0 aliphatic rings. The van der Waals surface area contributed by atoms with Crippen LogP contribution < -0.4 is 0 Å². The molecule has 8 atom stereocenters. The first-order chi connectivity index (χ1) is 20.4. The molecule has 3 nitrogen and oxygen atoms in total. The van der Waals surface area contributed by atoms with Crippen molar-refractivity contribution in [3.63, 3.8) is 0 Å². The Balaban J connectivity index is 5.69. The van der Waals surface area contributed by atoms with E-state index in [0.717, 1.165) is 19.3 Å². The zero-order chi connectivity index (χ0) is 35.6. The minimum absolute atomic E-state index is 0.0459. The molecular formula is C42H76O3. The molecule has 45 heavy (non-hydrogen) atoms. The van der Waals surface area contributed by atoms with E-state index in [9.17, 15) is 14.4 Å². The predicted octanol–water partition coefficient (Wildman–Crippen LogP) is 11.8. The minimum Gasteiger partial charge on any atom is -0.299 e. The highest BCUT2D eigenvalue weighted by Crippen LogP contribution is 2.41. The lowest BCUT2D eigenvalue weighted by atomic mass is 9.67. The first-order valence-corrected chi connectivity index (χ1v) is 18.4. The SMILES string of the molecule is C/C(=C\C(C)(C)C(C)C(CC(=O)/C=C/C(C)(C)C(=O)C(C)C(C)C(C)C)CC(C)C)C(C)C(C)CCC(C)C(C)C(=O)C(C)C. The number of hydrogen-bond acceptors (Lipinski definition) is 3. The summed E-state index contributed by atoms with van der Waals surface area (Å²) in [6, 6.07) is 0. The van der Waals surface area contributed by atoms with E-state index in [2.05, 4.69) is 96.1 Å². The van der Waals surface area contributed by atoms with Crippen LogP contribution in [0.5, 0.6) is 0 Å². The van der Waals surface area contributed by atoms with Gasteiger partial charge in [0.25, 0.3) is 0 Å². The Morgan fingerprint density at radius 2 is 1.18 bits per heavy atom. The Morgan fingerprint density at radius 1 is 0.689 bits per heavy atom. The lowest BCUT2D eigenvalue weighted by Crippen LogP contribution is -2.33. The fourth-order valence-electron chi connectivity index (χ4n) is 6.92. The number of carbonyl (C=O) groups excluding carboxylic acids is 3. The van der Waals surface area contributed by atoms with Gasteiger partial charge in [-0.1, -0.05) is 122 Å². The molecule has 8 unspecified atom stereocenters. The van der Waals surface area contributed by atoms with E-state index >= 15 is 0 Å². The maximum absolute atomic E-state index is 13.4. The van der Waals surface area contributed by atoms with E-state index in [1.807, 2.05) is 40.7 Å². The molecule has 0 spiro atoms. The van der Waals surface area contributed by atoms with Crippen molar-refractivity contribution < 1.29 is 14.4 Å². The molecule has 0 aromatic rings. The van der Waals surface area contributed by atoms with Crippen LogP contribution in [0.4, 0.5) is 0 Å². The molecule has 0 N–H and O–H groups in total. The summed E-state index contributed by atoms with van der Waals surface area (Å²) in [4.78, 5) is 39.2. The van der Waals surface area contributed by atoms with Gasteiger partial charge in [-0.15, -0.1) is 0 Å². The highest BCUT2D eigenvalue weighted by Gasteiger charge is 2.35. The van der Waals surface area contributed by atoms with Crippen molar-refractivity contribution in [2.24, 2.45) is 75.9 Å². The second-order valence-electron chi connectivity index (χ2n) is 17.5. The largest absolute Gasteiger partial charge is 0.299 e. The normalized spacial score (nSPS) is 19.0. The van der Waals surface area contributed by atoms with Crippen LogP contribution in [-0.4, -0.2) is 17.3 Å². The third-order valence-corrected chi connectivity index (χ3v) is 11.8. The maximum atomic E-state index is 13.4. The maximum Gasteiger partial charge on any atom is 0.155 e. The van der Waals surface area contributed by atoms with Crippen molar-refractivity contribution in [1.82, 2.24) is 0 Å². The summed E-state index contributed by atoms with van der Waals surface area (Å²) in [6.45, 7) is 39.2. The molecule has 0 radical (unpaired) electrons. The number of ketones is 3. The summed E-state index contributed by atoms with van der Waals surface area (Å²) in [5, 5.41) is 0. The first kappa shape index (κ1) is 43.5. The van der Waals surface area contributed by atoms with Crippen LogP contribution in [0.15, 0.2) is 23.8 Å². The molecule has 0 aromatic heterocycles. The third kappa shape index (κ3) is 14.0. The summed E-state index contributed by atoms with van der Waals surface area (Å²) in [5.74, 6) is 4.07. The highest BCUT2D eigenvalue weighted by atomic mass is 16.1. The Labute approximate surface area is 281 Å². The minimum atomic E-state index is -0.664. The first-order valence-electron chi connectivity index (χ1n) is 18.4. The van der Waals surface area contributed by atoms with Crippen molar-refractivity contribution in [3.05, 3.63) is 23.8 Å². The van der Waals surface area contributed by atoms with Gasteiger partial charge in [0.05, 0.1) is 0 Å². The second-order valence-corrected chi connectivity index (χ2v) is 17.5. The zero-order valence-corrected chi connectivity index (χ0v) is 33.1. The van der Waals surface area contributed by atoms with Crippen LogP contribution in [0.25, 0.3) is 0 Å². The summed E-state index contributed by atoms with van der Waals surface area (Å²) in [6.07, 6.45) is 9.72. The summed E-state index contributed by atoms with van der Waals surface area (Å²) >= 11 is 0. The van der Waals surface area contributed by atoms with Gasteiger partial charge in [-0.05, 0) is 98.9 Å². The van der Waals surface area contributed by atoms with Gasteiger partial charge in [-0.2, -0.15) is 0 Å². The number of allylic oxidation sites excluding steroid dienone is 4. The van der Waals surface area contributed by atoms with Gasteiger partial charge in [0, 0.05) is 29.6 Å². The number of rotatable bonds is 21. The molecule has 3 heteroatoms. The molecule has 0 saturated heterocycles. The van der Waals surface area contributed by atoms with Crippen LogP contribution >= 0.6 is 0 Å². The molecule has 0 aromatic carbocycles. The fraction of sp³-hybridized carbons (Fsp3) is 0.833. The van der Waals surface area contributed by atoms with Crippen molar-refractivity contribution in [2.45, 2.75) is 150 Å². The van der Waals surface area contributed by atoms with Gasteiger partial charge in [-0.3, -0.25) is 14.4 Å². The Kier molecular flexibility index (Phi) is 18.1. The summed E-state index contributed by atoms with van der Waals surface area (Å²) in [5.41, 5.74) is 0.686. The van der Waals surface area contributed by atoms with E-state index in [4.69, 9.17) is 0 Å². The molecule has 0 heterocycles. The fourth-order valence-corrected chi connectivity index (χ4v) is 6.92. The molecule has 0 aliphatic carbocycles.